The first-order valence-corrected chi connectivity index (χ1v) is 6.62. The number of fused-ring (bicyclic) bond motifs is 3. The zero-order chi connectivity index (χ0) is 14.4. The van der Waals surface area contributed by atoms with Crippen molar-refractivity contribution in [3.8, 4) is 5.69 Å². The van der Waals surface area contributed by atoms with Crippen molar-refractivity contribution in [1.29, 1.82) is 0 Å². The van der Waals surface area contributed by atoms with Crippen LogP contribution in [-0.4, -0.2) is 14.7 Å². The summed E-state index contributed by atoms with van der Waals surface area (Å²) in [7, 11) is 0. The molecule has 0 spiro atoms. The van der Waals surface area contributed by atoms with Crippen LogP contribution in [0.2, 0.25) is 5.02 Å². The van der Waals surface area contributed by atoms with E-state index in [0.717, 1.165) is 5.39 Å². The van der Waals surface area contributed by atoms with Gasteiger partial charge < -0.3 is 4.52 Å². The summed E-state index contributed by atoms with van der Waals surface area (Å²) in [6, 6.07) is 8.94. The highest BCUT2D eigenvalue weighted by atomic mass is 35.5. The molecule has 21 heavy (non-hydrogen) atoms. The average Bonchev–Trinajstić information content (AvgIpc) is 2.98. The van der Waals surface area contributed by atoms with Gasteiger partial charge in [0, 0.05) is 16.6 Å². The minimum absolute atomic E-state index is 0.216. The Morgan fingerprint density at radius 1 is 1.14 bits per heavy atom. The highest BCUT2D eigenvalue weighted by Crippen LogP contribution is 2.26. The molecule has 4 aromatic rings. The molecule has 0 N–H and O–H groups in total. The van der Waals surface area contributed by atoms with E-state index in [1.54, 1.807) is 42.9 Å². The molecular weight excluding hydrogens is 290 g/mol. The second-order valence-electron chi connectivity index (χ2n) is 4.58. The smallest absolute Gasteiger partial charge is 0.302 e. The van der Waals surface area contributed by atoms with Crippen molar-refractivity contribution in [2.24, 2.45) is 0 Å². The Hall–Kier alpha value is -2.66. The van der Waals surface area contributed by atoms with Crippen LogP contribution in [0.5, 0.6) is 0 Å². The monoisotopic (exact) mass is 297 g/mol. The van der Waals surface area contributed by atoms with Crippen molar-refractivity contribution in [1.82, 2.24) is 14.7 Å². The van der Waals surface area contributed by atoms with Crippen LogP contribution in [0.3, 0.4) is 0 Å². The summed E-state index contributed by atoms with van der Waals surface area (Å²) in [6.45, 7) is 0. The second-order valence-corrected chi connectivity index (χ2v) is 5.02. The van der Waals surface area contributed by atoms with Gasteiger partial charge in [0.15, 0.2) is 0 Å². The minimum atomic E-state index is -0.287. The SMILES string of the molecule is O=c1c2oncc2c2ccc(Cl)cc2n1-c1cccnc1. The van der Waals surface area contributed by atoms with Crippen LogP contribution < -0.4 is 5.56 Å². The van der Waals surface area contributed by atoms with Crippen molar-refractivity contribution >= 4 is 33.5 Å². The molecule has 0 aliphatic rings. The topological polar surface area (TPSA) is 60.9 Å². The van der Waals surface area contributed by atoms with Gasteiger partial charge in [0.25, 0.3) is 0 Å². The number of rotatable bonds is 1. The third-order valence-corrected chi connectivity index (χ3v) is 3.60. The lowest BCUT2D eigenvalue weighted by Crippen LogP contribution is -2.18. The van der Waals surface area contributed by atoms with Crippen LogP contribution in [0, 0.1) is 0 Å². The maximum Gasteiger partial charge on any atom is 0.302 e. The first kappa shape index (κ1) is 12.1. The Kier molecular flexibility index (Phi) is 2.55. The van der Waals surface area contributed by atoms with Gasteiger partial charge in [-0.05, 0) is 24.3 Å². The Labute approximate surface area is 123 Å². The molecule has 0 bridgehead atoms. The van der Waals surface area contributed by atoms with Crippen LogP contribution in [-0.2, 0) is 0 Å². The molecule has 0 saturated carbocycles. The van der Waals surface area contributed by atoms with Crippen LogP contribution in [0.15, 0.2) is 58.2 Å². The maximum absolute atomic E-state index is 12.7. The Bertz CT molecular complexity index is 1020. The van der Waals surface area contributed by atoms with Crippen molar-refractivity contribution in [3.05, 3.63) is 64.3 Å². The van der Waals surface area contributed by atoms with E-state index in [-0.39, 0.29) is 11.1 Å². The van der Waals surface area contributed by atoms with E-state index in [9.17, 15) is 4.79 Å². The fourth-order valence-corrected chi connectivity index (χ4v) is 2.62. The van der Waals surface area contributed by atoms with E-state index in [0.29, 0.717) is 21.6 Å². The number of nitrogens with zero attached hydrogens (tertiary/aromatic N) is 3. The molecule has 0 unspecified atom stereocenters. The minimum Gasteiger partial charge on any atom is -0.350 e. The summed E-state index contributed by atoms with van der Waals surface area (Å²) in [6.07, 6.45) is 4.81. The number of hydrogen-bond acceptors (Lipinski definition) is 4. The van der Waals surface area contributed by atoms with E-state index in [4.69, 9.17) is 16.1 Å². The average molecular weight is 298 g/mol. The number of hydrogen-bond donors (Lipinski definition) is 0. The molecule has 6 heteroatoms. The highest BCUT2D eigenvalue weighted by Gasteiger charge is 2.15. The van der Waals surface area contributed by atoms with Gasteiger partial charge in [-0.25, -0.2) is 0 Å². The van der Waals surface area contributed by atoms with Gasteiger partial charge >= 0.3 is 5.56 Å². The summed E-state index contributed by atoms with van der Waals surface area (Å²) < 4.78 is 6.64. The Balaban J connectivity index is 2.28. The standard InChI is InChI=1S/C15H8ClN3O2/c16-9-3-4-11-12-8-18-21-14(12)15(20)19(13(11)6-9)10-2-1-5-17-7-10/h1-8H. The third kappa shape index (κ3) is 1.75. The summed E-state index contributed by atoms with van der Waals surface area (Å²) in [5.41, 5.74) is 1.27. The van der Waals surface area contributed by atoms with Gasteiger partial charge in [-0.1, -0.05) is 22.8 Å². The summed E-state index contributed by atoms with van der Waals surface area (Å²) >= 11 is 6.09. The van der Waals surface area contributed by atoms with Crippen molar-refractivity contribution in [3.63, 3.8) is 0 Å². The van der Waals surface area contributed by atoms with Gasteiger partial charge in [-0.15, -0.1) is 0 Å². The summed E-state index contributed by atoms with van der Waals surface area (Å²) in [4.78, 5) is 16.7. The first-order chi connectivity index (χ1) is 10.3. The number of aromatic nitrogens is 3. The first-order valence-electron chi connectivity index (χ1n) is 6.25. The molecule has 0 aliphatic heterocycles. The number of halogens is 1. The molecule has 5 nitrogen and oxygen atoms in total. The summed E-state index contributed by atoms with van der Waals surface area (Å²) in [5.74, 6) is 0. The molecule has 0 radical (unpaired) electrons. The predicted molar refractivity (Wildman–Crippen MR) is 79.9 cm³/mol. The molecule has 0 fully saturated rings. The molecule has 0 atom stereocenters. The van der Waals surface area contributed by atoms with E-state index in [1.165, 1.54) is 4.57 Å². The van der Waals surface area contributed by atoms with E-state index >= 15 is 0 Å². The Morgan fingerprint density at radius 2 is 2.05 bits per heavy atom. The van der Waals surface area contributed by atoms with E-state index in [1.807, 2.05) is 6.07 Å². The quantitative estimate of drug-likeness (QED) is 0.541. The fourth-order valence-electron chi connectivity index (χ4n) is 2.46. The highest BCUT2D eigenvalue weighted by molar-refractivity contribution is 6.31. The third-order valence-electron chi connectivity index (χ3n) is 3.36. The van der Waals surface area contributed by atoms with Gasteiger partial charge in [0.2, 0.25) is 5.58 Å². The lowest BCUT2D eigenvalue weighted by atomic mass is 10.1. The molecular formula is C15H8ClN3O2. The second kappa shape index (κ2) is 4.43. The maximum atomic E-state index is 12.7. The zero-order valence-electron chi connectivity index (χ0n) is 10.7. The van der Waals surface area contributed by atoms with Crippen molar-refractivity contribution in [2.75, 3.05) is 0 Å². The van der Waals surface area contributed by atoms with Crippen LogP contribution in [0.4, 0.5) is 0 Å². The predicted octanol–water partition coefficient (Wildman–Crippen LogP) is 3.18. The van der Waals surface area contributed by atoms with E-state index in [2.05, 4.69) is 10.1 Å². The summed E-state index contributed by atoms with van der Waals surface area (Å²) in [5, 5.41) is 5.80. The van der Waals surface area contributed by atoms with Gasteiger partial charge in [-0.2, -0.15) is 0 Å². The largest absolute Gasteiger partial charge is 0.350 e. The Morgan fingerprint density at radius 3 is 2.86 bits per heavy atom. The van der Waals surface area contributed by atoms with Gasteiger partial charge in [0.1, 0.15) is 0 Å². The lowest BCUT2D eigenvalue weighted by molar-refractivity contribution is 0.453. The normalized spacial score (nSPS) is 11.3. The van der Waals surface area contributed by atoms with Crippen molar-refractivity contribution < 1.29 is 4.52 Å². The molecule has 4 rings (SSSR count). The molecule has 3 aromatic heterocycles. The molecule has 0 saturated heterocycles. The fraction of sp³-hybridized carbons (Fsp3) is 0. The molecule has 0 aliphatic carbocycles. The zero-order valence-corrected chi connectivity index (χ0v) is 11.4. The molecule has 102 valence electrons. The van der Waals surface area contributed by atoms with Crippen LogP contribution >= 0.6 is 11.6 Å². The van der Waals surface area contributed by atoms with Crippen molar-refractivity contribution in [2.45, 2.75) is 0 Å². The van der Waals surface area contributed by atoms with Gasteiger partial charge in [0.05, 0.1) is 29.0 Å². The van der Waals surface area contributed by atoms with Gasteiger partial charge in [-0.3, -0.25) is 14.3 Å². The lowest BCUT2D eigenvalue weighted by Gasteiger charge is -2.10. The molecule has 1 aromatic carbocycles. The molecule has 3 heterocycles. The van der Waals surface area contributed by atoms with Crippen LogP contribution in [0.25, 0.3) is 27.6 Å². The number of benzene rings is 1. The number of pyridine rings is 2. The molecule has 0 amide bonds. The van der Waals surface area contributed by atoms with E-state index < -0.39 is 0 Å². The van der Waals surface area contributed by atoms with Crippen LogP contribution in [0.1, 0.15) is 0 Å².